The van der Waals surface area contributed by atoms with E-state index in [4.69, 9.17) is 18.6 Å². The Bertz CT molecular complexity index is 881. The van der Waals surface area contributed by atoms with Gasteiger partial charge in [0.25, 0.3) is 0 Å². The molecule has 2 aromatic rings. The van der Waals surface area contributed by atoms with Gasteiger partial charge in [-0.25, -0.2) is 15.0 Å². The van der Waals surface area contributed by atoms with Crippen molar-refractivity contribution in [1.82, 2.24) is 5.43 Å². The Balaban J connectivity index is 1.97. The monoisotopic (exact) mass is 404 g/mol. The number of hydrogen-bond acceptors (Lipinski definition) is 8. The highest BCUT2D eigenvalue weighted by Crippen LogP contribution is 2.28. The first kappa shape index (κ1) is 21.8. The van der Waals surface area contributed by atoms with Crippen molar-refractivity contribution in [2.45, 2.75) is 33.0 Å². The van der Waals surface area contributed by atoms with Crippen LogP contribution in [0.5, 0.6) is 11.5 Å². The molecule has 0 fully saturated rings. The van der Waals surface area contributed by atoms with Gasteiger partial charge in [0.2, 0.25) is 5.76 Å². The minimum Gasteiger partial charge on any atom is -0.493 e. The van der Waals surface area contributed by atoms with Gasteiger partial charge in [-0.15, -0.1) is 0 Å². The third-order valence-electron chi connectivity index (χ3n) is 3.37. The van der Waals surface area contributed by atoms with Crippen molar-refractivity contribution < 1.29 is 33.0 Å². The molecule has 0 aliphatic carbocycles. The summed E-state index contributed by atoms with van der Waals surface area (Å²) < 4.78 is 26.0. The van der Waals surface area contributed by atoms with Gasteiger partial charge in [-0.3, -0.25) is 0 Å². The number of carbonyl (C=O) groups is 2. The fourth-order valence-electron chi connectivity index (χ4n) is 2.16. The third-order valence-corrected chi connectivity index (χ3v) is 3.37. The molecule has 29 heavy (non-hydrogen) atoms. The van der Waals surface area contributed by atoms with Crippen LogP contribution in [0.1, 0.15) is 42.6 Å². The molecule has 1 heterocycles. The molecule has 156 valence electrons. The van der Waals surface area contributed by atoms with E-state index < -0.39 is 17.7 Å². The number of esters is 1. The first-order valence-electron chi connectivity index (χ1n) is 8.72. The minimum absolute atomic E-state index is 0.0982. The Kier molecular flexibility index (Phi) is 7.24. The van der Waals surface area contributed by atoms with Crippen molar-refractivity contribution in [2.24, 2.45) is 5.10 Å². The van der Waals surface area contributed by atoms with Gasteiger partial charge in [0.15, 0.2) is 11.5 Å². The van der Waals surface area contributed by atoms with E-state index in [1.54, 1.807) is 45.0 Å². The number of ether oxygens (including phenoxy) is 4. The zero-order chi connectivity index (χ0) is 21.4. The molecule has 9 heteroatoms. The lowest BCUT2D eigenvalue weighted by Gasteiger charge is -2.18. The summed E-state index contributed by atoms with van der Waals surface area (Å²) in [5, 5.41) is 3.85. The first-order valence-corrected chi connectivity index (χ1v) is 8.72. The molecule has 0 aliphatic rings. The van der Waals surface area contributed by atoms with Crippen LogP contribution in [0, 0.1) is 0 Å². The fraction of sp³-hybridized carbons (Fsp3) is 0.350. The number of nitrogens with zero attached hydrogens (tertiary/aromatic N) is 1. The molecule has 1 aromatic heterocycles. The molecular weight excluding hydrogens is 380 g/mol. The standard InChI is InChI=1S/C20H24N2O7/c1-20(2,3)29-19(24)22-21-11-13-6-8-15(17(10-13)25-4)27-12-14-7-9-16(28-14)18(23)26-5/h6-11H,12H2,1-5H3,(H,22,24)/b21-11-. The van der Waals surface area contributed by atoms with Crippen LogP contribution in [-0.4, -0.2) is 38.1 Å². The fourth-order valence-corrected chi connectivity index (χ4v) is 2.16. The summed E-state index contributed by atoms with van der Waals surface area (Å²) in [5.41, 5.74) is 2.36. The first-order chi connectivity index (χ1) is 13.7. The number of benzene rings is 1. The number of rotatable bonds is 7. The highest BCUT2D eigenvalue weighted by Gasteiger charge is 2.15. The molecule has 2 rings (SSSR count). The average molecular weight is 404 g/mol. The molecule has 0 atom stereocenters. The maximum Gasteiger partial charge on any atom is 0.428 e. The summed E-state index contributed by atoms with van der Waals surface area (Å²) in [4.78, 5) is 23.0. The lowest BCUT2D eigenvalue weighted by Crippen LogP contribution is -2.29. The summed E-state index contributed by atoms with van der Waals surface area (Å²) in [6.07, 6.45) is 0.802. The summed E-state index contributed by atoms with van der Waals surface area (Å²) in [7, 11) is 2.78. The molecule has 9 nitrogen and oxygen atoms in total. The third kappa shape index (κ3) is 6.87. The minimum atomic E-state index is -0.648. The maximum absolute atomic E-state index is 11.6. The number of furan rings is 1. The van der Waals surface area contributed by atoms with Crippen molar-refractivity contribution in [3.8, 4) is 11.5 Å². The van der Waals surface area contributed by atoms with E-state index in [2.05, 4.69) is 15.3 Å². The normalized spacial score (nSPS) is 11.2. The molecule has 1 amide bonds. The van der Waals surface area contributed by atoms with Crippen molar-refractivity contribution in [1.29, 1.82) is 0 Å². The molecule has 0 saturated carbocycles. The van der Waals surface area contributed by atoms with Crippen LogP contribution < -0.4 is 14.9 Å². The molecular formula is C20H24N2O7. The van der Waals surface area contributed by atoms with Gasteiger partial charge in [-0.05, 0) is 56.7 Å². The van der Waals surface area contributed by atoms with E-state index in [-0.39, 0.29) is 12.4 Å². The molecule has 0 spiro atoms. The van der Waals surface area contributed by atoms with Crippen molar-refractivity contribution in [3.05, 3.63) is 47.4 Å². The van der Waals surface area contributed by atoms with Crippen LogP contribution in [0.25, 0.3) is 0 Å². The van der Waals surface area contributed by atoms with E-state index in [1.165, 1.54) is 26.5 Å². The quantitative estimate of drug-likeness (QED) is 0.427. The molecule has 0 unspecified atom stereocenters. The summed E-state index contributed by atoms with van der Waals surface area (Å²) in [6, 6.07) is 8.26. The van der Waals surface area contributed by atoms with Crippen molar-refractivity contribution in [3.63, 3.8) is 0 Å². The van der Waals surface area contributed by atoms with E-state index in [9.17, 15) is 9.59 Å². The second-order valence-electron chi connectivity index (χ2n) is 6.83. The largest absolute Gasteiger partial charge is 0.493 e. The molecule has 1 N–H and O–H groups in total. The van der Waals surface area contributed by atoms with Crippen LogP contribution in [0.15, 0.2) is 39.9 Å². The molecule has 0 bridgehead atoms. The number of methoxy groups -OCH3 is 2. The van der Waals surface area contributed by atoms with Gasteiger partial charge in [-0.1, -0.05) is 0 Å². The topological polar surface area (TPSA) is 109 Å². The zero-order valence-corrected chi connectivity index (χ0v) is 17.0. The molecule has 0 saturated heterocycles. The second-order valence-corrected chi connectivity index (χ2v) is 6.83. The van der Waals surface area contributed by atoms with Gasteiger partial charge in [0.1, 0.15) is 18.0 Å². The smallest absolute Gasteiger partial charge is 0.428 e. The van der Waals surface area contributed by atoms with Crippen molar-refractivity contribution in [2.75, 3.05) is 14.2 Å². The lowest BCUT2D eigenvalue weighted by molar-refractivity contribution is 0.0527. The predicted molar refractivity (Wildman–Crippen MR) is 104 cm³/mol. The van der Waals surface area contributed by atoms with Gasteiger partial charge >= 0.3 is 12.1 Å². The average Bonchev–Trinajstić information content (AvgIpc) is 3.13. The zero-order valence-electron chi connectivity index (χ0n) is 17.0. The van der Waals surface area contributed by atoms with Gasteiger partial charge in [0, 0.05) is 0 Å². The summed E-state index contributed by atoms with van der Waals surface area (Å²) >= 11 is 0. The van der Waals surface area contributed by atoms with E-state index >= 15 is 0 Å². The molecule has 0 radical (unpaired) electrons. The SMILES string of the molecule is COC(=O)c1ccc(COc2ccc(/C=N\NC(=O)OC(C)(C)C)cc2OC)o1. The highest BCUT2D eigenvalue weighted by molar-refractivity contribution is 5.86. The number of amides is 1. The van der Waals surface area contributed by atoms with Crippen LogP contribution >= 0.6 is 0 Å². The number of hydrogen-bond donors (Lipinski definition) is 1. The van der Waals surface area contributed by atoms with E-state index in [1.807, 2.05) is 0 Å². The number of hydrazone groups is 1. The second kappa shape index (κ2) is 9.63. The molecule has 0 aliphatic heterocycles. The number of carbonyl (C=O) groups excluding carboxylic acids is 2. The Morgan fingerprint density at radius 3 is 2.55 bits per heavy atom. The molecule has 1 aromatic carbocycles. The summed E-state index contributed by atoms with van der Waals surface area (Å²) in [6.45, 7) is 5.39. The summed E-state index contributed by atoms with van der Waals surface area (Å²) in [5.74, 6) is 0.936. The van der Waals surface area contributed by atoms with Crippen LogP contribution in [-0.2, 0) is 16.1 Å². The van der Waals surface area contributed by atoms with Crippen molar-refractivity contribution >= 4 is 18.3 Å². The van der Waals surface area contributed by atoms with Gasteiger partial charge < -0.3 is 23.4 Å². The Morgan fingerprint density at radius 1 is 1.14 bits per heavy atom. The lowest BCUT2D eigenvalue weighted by atomic mass is 10.2. The highest BCUT2D eigenvalue weighted by atomic mass is 16.6. The van der Waals surface area contributed by atoms with Crippen LogP contribution in [0.3, 0.4) is 0 Å². The Morgan fingerprint density at radius 2 is 1.90 bits per heavy atom. The number of nitrogens with one attached hydrogen (secondary N) is 1. The Hall–Kier alpha value is -3.49. The van der Waals surface area contributed by atoms with Crippen LogP contribution in [0.2, 0.25) is 0 Å². The Labute approximate surface area is 168 Å². The van der Waals surface area contributed by atoms with E-state index in [0.29, 0.717) is 22.8 Å². The predicted octanol–water partition coefficient (Wildman–Crippen LogP) is 3.51. The van der Waals surface area contributed by atoms with Gasteiger partial charge in [-0.2, -0.15) is 5.10 Å². The maximum atomic E-state index is 11.6. The van der Waals surface area contributed by atoms with Crippen LogP contribution in [0.4, 0.5) is 4.79 Å². The van der Waals surface area contributed by atoms with Gasteiger partial charge in [0.05, 0.1) is 20.4 Å². The van der Waals surface area contributed by atoms with E-state index in [0.717, 1.165) is 0 Å².